The summed E-state index contributed by atoms with van der Waals surface area (Å²) in [6.45, 7) is 3.85. The molecule has 0 aliphatic heterocycles. The number of ether oxygens (including phenoxy) is 1. The first kappa shape index (κ1) is 14.5. The summed E-state index contributed by atoms with van der Waals surface area (Å²) in [5.74, 6) is 1.02. The van der Waals surface area contributed by atoms with Crippen molar-refractivity contribution >= 4 is 5.91 Å². The van der Waals surface area contributed by atoms with Crippen LogP contribution in [-0.4, -0.2) is 44.6 Å². The number of benzene rings is 1. The van der Waals surface area contributed by atoms with E-state index in [1.807, 2.05) is 38.2 Å². The minimum atomic E-state index is 0.137. The molecule has 0 saturated carbocycles. The van der Waals surface area contributed by atoms with Gasteiger partial charge in [-0.25, -0.2) is 0 Å². The third-order valence-electron chi connectivity index (χ3n) is 2.79. The molecule has 4 heteroatoms. The maximum Gasteiger partial charge on any atom is 0.223 e. The average Bonchev–Trinajstić information content (AvgIpc) is 2.38. The molecule has 0 aromatic heterocycles. The zero-order valence-electron chi connectivity index (χ0n) is 11.4. The Morgan fingerprint density at radius 2 is 2.11 bits per heavy atom. The summed E-state index contributed by atoms with van der Waals surface area (Å²) in [6, 6.07) is 7.88. The molecule has 1 rings (SSSR count). The summed E-state index contributed by atoms with van der Waals surface area (Å²) in [7, 11) is 3.65. The van der Waals surface area contributed by atoms with Gasteiger partial charge >= 0.3 is 0 Å². The van der Waals surface area contributed by atoms with E-state index in [9.17, 15) is 4.79 Å². The van der Waals surface area contributed by atoms with Gasteiger partial charge < -0.3 is 15.0 Å². The lowest BCUT2D eigenvalue weighted by Crippen LogP contribution is -2.32. The molecule has 100 valence electrons. The lowest BCUT2D eigenvalue weighted by molar-refractivity contribution is -0.130. The topological polar surface area (TPSA) is 41.6 Å². The van der Waals surface area contributed by atoms with E-state index >= 15 is 0 Å². The Kier molecular flexibility index (Phi) is 6.22. The Bertz CT molecular complexity index is 380. The number of nitrogens with one attached hydrogen (secondary N) is 1. The highest BCUT2D eigenvalue weighted by Gasteiger charge is 2.07. The molecule has 0 saturated heterocycles. The number of carbonyl (C=O) groups is 1. The van der Waals surface area contributed by atoms with Crippen LogP contribution in [0, 0.1) is 6.92 Å². The second kappa shape index (κ2) is 7.71. The van der Waals surface area contributed by atoms with Crippen LogP contribution < -0.4 is 10.1 Å². The molecule has 0 aliphatic carbocycles. The number of amides is 1. The number of hydrogen-bond donors (Lipinski definition) is 1. The first-order valence-electron chi connectivity index (χ1n) is 6.22. The molecule has 0 radical (unpaired) electrons. The Morgan fingerprint density at radius 3 is 2.78 bits per heavy atom. The van der Waals surface area contributed by atoms with E-state index in [1.54, 1.807) is 11.9 Å². The van der Waals surface area contributed by atoms with Crippen molar-refractivity contribution in [3.05, 3.63) is 29.8 Å². The van der Waals surface area contributed by atoms with Crippen molar-refractivity contribution in [3.63, 3.8) is 0 Å². The van der Waals surface area contributed by atoms with Crippen LogP contribution >= 0.6 is 0 Å². The third kappa shape index (κ3) is 4.75. The molecule has 1 aromatic rings. The van der Waals surface area contributed by atoms with Crippen LogP contribution in [0.1, 0.15) is 12.0 Å². The molecule has 18 heavy (non-hydrogen) atoms. The van der Waals surface area contributed by atoms with Gasteiger partial charge in [-0.3, -0.25) is 4.79 Å². The van der Waals surface area contributed by atoms with Crippen LogP contribution in [0.15, 0.2) is 24.3 Å². The summed E-state index contributed by atoms with van der Waals surface area (Å²) in [5.41, 5.74) is 1.11. The normalized spacial score (nSPS) is 10.2. The number of nitrogens with zero attached hydrogens (tertiary/aromatic N) is 1. The monoisotopic (exact) mass is 250 g/mol. The molecular weight excluding hydrogens is 228 g/mol. The molecule has 1 amide bonds. The van der Waals surface area contributed by atoms with Gasteiger partial charge in [0.25, 0.3) is 0 Å². The molecule has 0 spiro atoms. The van der Waals surface area contributed by atoms with Gasteiger partial charge in [-0.15, -0.1) is 0 Å². The first-order chi connectivity index (χ1) is 8.65. The molecule has 0 unspecified atom stereocenters. The highest BCUT2D eigenvalue weighted by Crippen LogP contribution is 2.15. The first-order valence-corrected chi connectivity index (χ1v) is 6.22. The maximum atomic E-state index is 11.6. The maximum absolute atomic E-state index is 11.6. The van der Waals surface area contributed by atoms with Crippen molar-refractivity contribution in [1.29, 1.82) is 0 Å². The van der Waals surface area contributed by atoms with Crippen molar-refractivity contribution < 1.29 is 9.53 Å². The molecule has 0 heterocycles. The van der Waals surface area contributed by atoms with E-state index < -0.39 is 0 Å². The standard InChI is InChI=1S/C14H22N2O2/c1-12-6-4-5-7-13(12)18-11-10-16(3)14(17)8-9-15-2/h4-7,15H,8-11H2,1-3H3. The smallest absolute Gasteiger partial charge is 0.223 e. The van der Waals surface area contributed by atoms with Crippen LogP contribution in [0.5, 0.6) is 5.75 Å². The van der Waals surface area contributed by atoms with Gasteiger partial charge in [-0.2, -0.15) is 0 Å². The quantitative estimate of drug-likeness (QED) is 0.796. The summed E-state index contributed by atoms with van der Waals surface area (Å²) in [5, 5.41) is 2.96. The highest BCUT2D eigenvalue weighted by atomic mass is 16.5. The molecule has 0 aliphatic rings. The molecular formula is C14H22N2O2. The molecule has 0 fully saturated rings. The van der Waals surface area contributed by atoms with Crippen LogP contribution in [-0.2, 0) is 4.79 Å². The van der Waals surface area contributed by atoms with Crippen LogP contribution in [0.3, 0.4) is 0 Å². The lowest BCUT2D eigenvalue weighted by Gasteiger charge is -2.18. The third-order valence-corrected chi connectivity index (χ3v) is 2.79. The van der Waals surface area contributed by atoms with E-state index in [4.69, 9.17) is 4.74 Å². The number of carbonyl (C=O) groups excluding carboxylic acids is 1. The van der Waals surface area contributed by atoms with Crippen molar-refractivity contribution in [1.82, 2.24) is 10.2 Å². The average molecular weight is 250 g/mol. The minimum Gasteiger partial charge on any atom is -0.491 e. The lowest BCUT2D eigenvalue weighted by atomic mass is 10.2. The Morgan fingerprint density at radius 1 is 1.39 bits per heavy atom. The van der Waals surface area contributed by atoms with Gasteiger partial charge in [0.2, 0.25) is 5.91 Å². The van der Waals surface area contributed by atoms with Crippen molar-refractivity contribution in [2.75, 3.05) is 33.8 Å². The molecule has 0 bridgehead atoms. The Balaban J connectivity index is 2.29. The van der Waals surface area contributed by atoms with Gasteiger partial charge in [-0.1, -0.05) is 18.2 Å². The predicted octanol–water partition coefficient (Wildman–Crippen LogP) is 1.44. The van der Waals surface area contributed by atoms with E-state index in [-0.39, 0.29) is 5.91 Å². The molecule has 1 N–H and O–H groups in total. The van der Waals surface area contributed by atoms with Crippen molar-refractivity contribution in [3.8, 4) is 5.75 Å². The fraction of sp³-hybridized carbons (Fsp3) is 0.500. The second-order valence-corrected chi connectivity index (χ2v) is 4.28. The largest absolute Gasteiger partial charge is 0.491 e. The van der Waals surface area contributed by atoms with E-state index in [2.05, 4.69) is 5.32 Å². The van der Waals surface area contributed by atoms with Crippen LogP contribution in [0.25, 0.3) is 0 Å². The number of aryl methyl sites for hydroxylation is 1. The summed E-state index contributed by atoms with van der Waals surface area (Å²) in [4.78, 5) is 13.3. The molecule has 4 nitrogen and oxygen atoms in total. The van der Waals surface area contributed by atoms with Crippen LogP contribution in [0.4, 0.5) is 0 Å². The molecule has 1 aromatic carbocycles. The second-order valence-electron chi connectivity index (χ2n) is 4.28. The molecule has 0 atom stereocenters. The Labute approximate surface area is 109 Å². The summed E-state index contributed by atoms with van der Waals surface area (Å²) in [6.07, 6.45) is 0.525. The van der Waals surface area contributed by atoms with Crippen molar-refractivity contribution in [2.45, 2.75) is 13.3 Å². The van der Waals surface area contributed by atoms with Crippen LogP contribution in [0.2, 0.25) is 0 Å². The fourth-order valence-corrected chi connectivity index (χ4v) is 1.56. The summed E-state index contributed by atoms with van der Waals surface area (Å²) < 4.78 is 5.65. The number of likely N-dealkylation sites (N-methyl/N-ethyl adjacent to an activating group) is 1. The zero-order valence-corrected chi connectivity index (χ0v) is 11.4. The van der Waals surface area contributed by atoms with Gasteiger partial charge in [0, 0.05) is 20.0 Å². The minimum absolute atomic E-state index is 0.137. The summed E-state index contributed by atoms with van der Waals surface area (Å²) >= 11 is 0. The van der Waals surface area contributed by atoms with Gasteiger partial charge in [0.05, 0.1) is 6.54 Å². The number of rotatable bonds is 7. The number of hydrogen-bond acceptors (Lipinski definition) is 3. The van der Waals surface area contributed by atoms with Gasteiger partial charge in [-0.05, 0) is 25.6 Å². The Hall–Kier alpha value is -1.55. The van der Waals surface area contributed by atoms with Gasteiger partial charge in [0.1, 0.15) is 12.4 Å². The highest BCUT2D eigenvalue weighted by molar-refractivity contribution is 5.76. The van der Waals surface area contributed by atoms with E-state index in [0.29, 0.717) is 26.1 Å². The number of para-hydroxylation sites is 1. The van der Waals surface area contributed by atoms with E-state index in [1.165, 1.54) is 0 Å². The van der Waals surface area contributed by atoms with Crippen molar-refractivity contribution in [2.24, 2.45) is 0 Å². The fourth-order valence-electron chi connectivity index (χ4n) is 1.56. The predicted molar refractivity (Wildman–Crippen MR) is 72.9 cm³/mol. The SMILES string of the molecule is CNCCC(=O)N(C)CCOc1ccccc1C. The zero-order chi connectivity index (χ0) is 13.4. The van der Waals surface area contributed by atoms with Gasteiger partial charge in [0.15, 0.2) is 0 Å². The van der Waals surface area contributed by atoms with E-state index in [0.717, 1.165) is 11.3 Å².